The van der Waals surface area contributed by atoms with E-state index in [0.717, 1.165) is 12.3 Å². The van der Waals surface area contributed by atoms with E-state index in [2.05, 4.69) is 13.0 Å². The molecule has 0 fully saturated rings. The highest BCUT2D eigenvalue weighted by molar-refractivity contribution is 7.99. The second kappa shape index (κ2) is 6.91. The van der Waals surface area contributed by atoms with Crippen molar-refractivity contribution in [3.8, 4) is 6.07 Å². The van der Waals surface area contributed by atoms with Gasteiger partial charge in [-0.1, -0.05) is 6.92 Å². The van der Waals surface area contributed by atoms with Gasteiger partial charge in [0.1, 0.15) is 0 Å². The van der Waals surface area contributed by atoms with Gasteiger partial charge in [0.15, 0.2) is 0 Å². The quantitative estimate of drug-likeness (QED) is 0.444. The fraction of sp³-hybridized carbons (Fsp3) is 0.857. The minimum atomic E-state index is 0.546. The zero-order chi connectivity index (χ0) is 7.82. The number of hydrogen-bond donors (Lipinski definition) is 0. The Bertz CT molecular complexity index is 109. The van der Waals surface area contributed by atoms with E-state index < -0.39 is 0 Å². The van der Waals surface area contributed by atoms with Gasteiger partial charge in [-0.3, -0.25) is 4.90 Å². The van der Waals surface area contributed by atoms with Gasteiger partial charge in [-0.15, -0.1) is 0 Å². The highest BCUT2D eigenvalue weighted by atomic mass is 32.2. The molecule has 0 aromatic heterocycles. The Morgan fingerprint density at radius 1 is 1.60 bits per heavy atom. The molecule has 0 saturated heterocycles. The van der Waals surface area contributed by atoms with Gasteiger partial charge in [0.25, 0.3) is 0 Å². The zero-order valence-electron chi connectivity index (χ0n) is 6.63. The van der Waals surface area contributed by atoms with Crippen molar-refractivity contribution in [3.63, 3.8) is 0 Å². The Labute approximate surface area is 67.2 Å². The lowest BCUT2D eigenvalue weighted by Crippen LogP contribution is -2.21. The summed E-state index contributed by atoms with van der Waals surface area (Å²) in [4.78, 5) is 2.03. The third kappa shape index (κ3) is 5.93. The summed E-state index contributed by atoms with van der Waals surface area (Å²) in [5.41, 5.74) is 0. The van der Waals surface area contributed by atoms with E-state index in [1.165, 1.54) is 5.75 Å². The van der Waals surface area contributed by atoms with E-state index in [9.17, 15) is 0 Å². The molecule has 0 unspecified atom stereocenters. The normalized spacial score (nSPS) is 9.80. The van der Waals surface area contributed by atoms with Crippen LogP contribution in [0.2, 0.25) is 0 Å². The summed E-state index contributed by atoms with van der Waals surface area (Å²) in [5, 5.41) is 8.29. The maximum Gasteiger partial charge on any atom is 0.0863 e. The maximum atomic E-state index is 8.29. The number of thioether (sulfide) groups is 1. The molecule has 0 amide bonds. The average molecular weight is 158 g/mol. The molecule has 10 heavy (non-hydrogen) atoms. The molecule has 0 rings (SSSR count). The Kier molecular flexibility index (Phi) is 6.78. The number of hydrogen-bond acceptors (Lipinski definition) is 3. The SMILES string of the molecule is CCSCCN(C)CC#N. The number of nitriles is 1. The molecule has 0 bridgehead atoms. The van der Waals surface area contributed by atoms with Crippen LogP contribution in [0.1, 0.15) is 6.92 Å². The predicted molar refractivity (Wildman–Crippen MR) is 46.1 cm³/mol. The predicted octanol–water partition coefficient (Wildman–Crippen LogP) is 1.19. The molecule has 0 saturated carbocycles. The smallest absolute Gasteiger partial charge is 0.0863 e. The van der Waals surface area contributed by atoms with Crippen molar-refractivity contribution < 1.29 is 0 Å². The van der Waals surface area contributed by atoms with Crippen molar-refractivity contribution >= 4 is 11.8 Å². The van der Waals surface area contributed by atoms with Gasteiger partial charge in [0, 0.05) is 12.3 Å². The molecule has 0 aliphatic rings. The van der Waals surface area contributed by atoms with E-state index in [1.807, 2.05) is 23.7 Å². The van der Waals surface area contributed by atoms with Crippen molar-refractivity contribution in [2.24, 2.45) is 0 Å². The lowest BCUT2D eigenvalue weighted by Gasteiger charge is -2.10. The van der Waals surface area contributed by atoms with E-state index in [-0.39, 0.29) is 0 Å². The summed E-state index contributed by atoms with van der Waals surface area (Å²) >= 11 is 1.91. The summed E-state index contributed by atoms with van der Waals surface area (Å²) in [6.45, 7) is 3.71. The Hall–Kier alpha value is -0.200. The van der Waals surface area contributed by atoms with E-state index >= 15 is 0 Å². The van der Waals surface area contributed by atoms with Gasteiger partial charge in [0.2, 0.25) is 0 Å². The van der Waals surface area contributed by atoms with Crippen molar-refractivity contribution in [2.75, 3.05) is 31.6 Å². The summed E-state index contributed by atoms with van der Waals surface area (Å²) in [5.74, 6) is 2.30. The van der Waals surface area contributed by atoms with Crippen LogP contribution >= 0.6 is 11.8 Å². The van der Waals surface area contributed by atoms with Gasteiger partial charge in [0.05, 0.1) is 12.6 Å². The summed E-state index contributed by atoms with van der Waals surface area (Å²) < 4.78 is 0. The molecular weight excluding hydrogens is 144 g/mol. The summed E-state index contributed by atoms with van der Waals surface area (Å²) in [6.07, 6.45) is 0. The van der Waals surface area contributed by atoms with Gasteiger partial charge < -0.3 is 0 Å². The van der Waals surface area contributed by atoms with Gasteiger partial charge in [-0.2, -0.15) is 17.0 Å². The molecule has 0 aliphatic carbocycles. The van der Waals surface area contributed by atoms with Crippen LogP contribution in [0.15, 0.2) is 0 Å². The van der Waals surface area contributed by atoms with Gasteiger partial charge in [-0.05, 0) is 12.8 Å². The first-order valence-electron chi connectivity index (χ1n) is 3.44. The van der Waals surface area contributed by atoms with Crippen molar-refractivity contribution in [1.29, 1.82) is 5.26 Å². The molecule has 0 aliphatic heterocycles. The Morgan fingerprint density at radius 3 is 2.80 bits per heavy atom. The van der Waals surface area contributed by atoms with Crippen LogP contribution in [-0.2, 0) is 0 Å². The van der Waals surface area contributed by atoms with Crippen LogP contribution in [0, 0.1) is 11.3 Å². The lowest BCUT2D eigenvalue weighted by atomic mass is 10.6. The minimum absolute atomic E-state index is 0.546. The Morgan fingerprint density at radius 2 is 2.30 bits per heavy atom. The molecule has 0 N–H and O–H groups in total. The molecular formula is C7H14N2S. The minimum Gasteiger partial charge on any atom is -0.293 e. The highest BCUT2D eigenvalue weighted by Crippen LogP contribution is 1.97. The monoisotopic (exact) mass is 158 g/mol. The summed E-state index contributed by atoms with van der Waals surface area (Å²) in [6, 6.07) is 2.11. The number of nitrogens with zero attached hydrogens (tertiary/aromatic N) is 2. The van der Waals surface area contributed by atoms with Crippen LogP contribution in [0.25, 0.3) is 0 Å². The largest absolute Gasteiger partial charge is 0.293 e. The third-order valence-electron chi connectivity index (χ3n) is 1.16. The molecule has 0 aromatic carbocycles. The lowest BCUT2D eigenvalue weighted by molar-refractivity contribution is 0.400. The van der Waals surface area contributed by atoms with Gasteiger partial charge in [-0.25, -0.2) is 0 Å². The zero-order valence-corrected chi connectivity index (χ0v) is 7.45. The van der Waals surface area contributed by atoms with E-state index in [4.69, 9.17) is 5.26 Å². The molecule has 0 heterocycles. The first-order chi connectivity index (χ1) is 4.81. The van der Waals surface area contributed by atoms with Crippen LogP contribution < -0.4 is 0 Å². The number of rotatable bonds is 5. The topological polar surface area (TPSA) is 27.0 Å². The second-order valence-electron chi connectivity index (χ2n) is 2.09. The van der Waals surface area contributed by atoms with E-state index in [1.54, 1.807) is 0 Å². The molecule has 0 radical (unpaired) electrons. The first kappa shape index (κ1) is 9.80. The third-order valence-corrected chi connectivity index (χ3v) is 2.04. The second-order valence-corrected chi connectivity index (χ2v) is 3.49. The highest BCUT2D eigenvalue weighted by Gasteiger charge is 1.94. The molecule has 0 spiro atoms. The van der Waals surface area contributed by atoms with Crippen LogP contribution in [-0.4, -0.2) is 36.5 Å². The van der Waals surface area contributed by atoms with Crippen molar-refractivity contribution in [1.82, 2.24) is 4.90 Å². The fourth-order valence-electron chi connectivity index (χ4n) is 0.564. The standard InChI is InChI=1S/C7H14N2S/c1-3-10-7-6-9(2)5-4-8/h3,5-7H2,1-2H3. The van der Waals surface area contributed by atoms with Crippen molar-refractivity contribution in [2.45, 2.75) is 6.92 Å². The first-order valence-corrected chi connectivity index (χ1v) is 4.60. The maximum absolute atomic E-state index is 8.29. The molecule has 2 nitrogen and oxygen atoms in total. The fourth-order valence-corrected chi connectivity index (χ4v) is 1.29. The molecule has 3 heteroatoms. The molecule has 58 valence electrons. The van der Waals surface area contributed by atoms with Crippen LogP contribution in [0.3, 0.4) is 0 Å². The summed E-state index contributed by atoms with van der Waals surface area (Å²) in [7, 11) is 1.97. The van der Waals surface area contributed by atoms with Crippen LogP contribution in [0.4, 0.5) is 0 Å². The average Bonchev–Trinajstić information content (AvgIpc) is 1.89. The molecule has 0 aromatic rings. The molecule has 0 atom stereocenters. The van der Waals surface area contributed by atoms with E-state index in [0.29, 0.717) is 6.54 Å². The van der Waals surface area contributed by atoms with Crippen LogP contribution in [0.5, 0.6) is 0 Å². The van der Waals surface area contributed by atoms with Gasteiger partial charge >= 0.3 is 0 Å². The Balaban J connectivity index is 3.06. The van der Waals surface area contributed by atoms with Crippen molar-refractivity contribution in [3.05, 3.63) is 0 Å².